The van der Waals surface area contributed by atoms with Crippen molar-refractivity contribution < 1.29 is 4.79 Å². The van der Waals surface area contributed by atoms with E-state index in [1.54, 1.807) is 0 Å². The third-order valence-corrected chi connectivity index (χ3v) is 3.73. The van der Waals surface area contributed by atoms with Crippen LogP contribution in [0.1, 0.15) is 57.1 Å². The maximum Gasteiger partial charge on any atom is 0.220 e. The van der Waals surface area contributed by atoms with Crippen molar-refractivity contribution in [1.82, 2.24) is 5.32 Å². The van der Waals surface area contributed by atoms with Gasteiger partial charge in [-0.05, 0) is 35.8 Å². The fourth-order valence-electron chi connectivity index (χ4n) is 2.85. The Morgan fingerprint density at radius 2 is 2.05 bits per heavy atom. The van der Waals surface area contributed by atoms with Gasteiger partial charge < -0.3 is 5.32 Å². The van der Waals surface area contributed by atoms with Crippen LogP contribution in [-0.2, 0) is 11.2 Å². The fraction of sp³-hybridized carbons (Fsp3) is 0.588. The highest BCUT2D eigenvalue weighted by Crippen LogP contribution is 2.30. The Balaban J connectivity index is 1.93. The van der Waals surface area contributed by atoms with Crippen molar-refractivity contribution in [3.05, 3.63) is 35.4 Å². The van der Waals surface area contributed by atoms with Gasteiger partial charge >= 0.3 is 0 Å². The molecule has 0 saturated heterocycles. The minimum Gasteiger partial charge on any atom is -0.355 e. The second kappa shape index (κ2) is 5.77. The quantitative estimate of drug-likeness (QED) is 0.882. The molecule has 0 fully saturated rings. The van der Waals surface area contributed by atoms with Crippen molar-refractivity contribution in [2.45, 2.75) is 52.4 Å². The van der Waals surface area contributed by atoms with Crippen molar-refractivity contribution in [1.29, 1.82) is 0 Å². The summed E-state index contributed by atoms with van der Waals surface area (Å²) in [6.07, 6.45) is 4.20. The number of benzene rings is 1. The second-order valence-electron chi connectivity index (χ2n) is 6.83. The van der Waals surface area contributed by atoms with E-state index >= 15 is 0 Å². The zero-order chi connectivity index (χ0) is 13.9. The predicted octanol–water partition coefficient (Wildman–Crippen LogP) is 3.66. The predicted molar refractivity (Wildman–Crippen MR) is 79.2 cm³/mol. The lowest BCUT2D eigenvalue weighted by Gasteiger charge is -2.26. The van der Waals surface area contributed by atoms with Crippen molar-refractivity contribution >= 4 is 5.91 Å². The van der Waals surface area contributed by atoms with Gasteiger partial charge in [0.25, 0.3) is 0 Å². The average Bonchev–Trinajstić information content (AvgIpc) is 2.34. The van der Waals surface area contributed by atoms with Gasteiger partial charge in [0.2, 0.25) is 5.91 Å². The summed E-state index contributed by atoms with van der Waals surface area (Å²) in [5.41, 5.74) is 2.96. The first kappa shape index (κ1) is 14.1. The van der Waals surface area contributed by atoms with Crippen LogP contribution in [0.4, 0.5) is 0 Å². The maximum absolute atomic E-state index is 11.9. The molecule has 0 saturated carbocycles. The van der Waals surface area contributed by atoms with E-state index in [1.807, 2.05) is 0 Å². The molecule has 19 heavy (non-hydrogen) atoms. The summed E-state index contributed by atoms with van der Waals surface area (Å²) in [7, 11) is 0. The van der Waals surface area contributed by atoms with Gasteiger partial charge in [-0.15, -0.1) is 0 Å². The minimum absolute atomic E-state index is 0.0640. The number of hydrogen-bond donors (Lipinski definition) is 1. The van der Waals surface area contributed by atoms with Crippen LogP contribution in [0.5, 0.6) is 0 Å². The SMILES string of the molecule is CC(C)(C)CC(=O)NCC1CCCc2ccccc21. The largest absolute Gasteiger partial charge is 0.355 e. The molecular weight excluding hydrogens is 234 g/mol. The number of carbonyl (C=O) groups excluding carboxylic acids is 1. The Hall–Kier alpha value is -1.31. The average molecular weight is 259 g/mol. The number of carbonyl (C=O) groups is 1. The van der Waals surface area contributed by atoms with E-state index in [4.69, 9.17) is 0 Å². The summed E-state index contributed by atoms with van der Waals surface area (Å²) in [5, 5.41) is 3.11. The van der Waals surface area contributed by atoms with Crippen LogP contribution >= 0.6 is 0 Å². The summed E-state index contributed by atoms with van der Waals surface area (Å²) < 4.78 is 0. The van der Waals surface area contributed by atoms with Gasteiger partial charge in [0.15, 0.2) is 0 Å². The molecule has 0 heterocycles. The van der Waals surface area contributed by atoms with Gasteiger partial charge in [-0.25, -0.2) is 0 Å². The fourth-order valence-corrected chi connectivity index (χ4v) is 2.85. The smallest absolute Gasteiger partial charge is 0.220 e. The maximum atomic E-state index is 11.9. The Bertz CT molecular complexity index is 445. The molecule has 1 unspecified atom stereocenters. The topological polar surface area (TPSA) is 29.1 Å². The first-order chi connectivity index (χ1) is 8.96. The number of nitrogens with one attached hydrogen (secondary N) is 1. The van der Waals surface area contributed by atoms with E-state index in [0.29, 0.717) is 12.3 Å². The van der Waals surface area contributed by atoms with Crippen molar-refractivity contribution in [2.75, 3.05) is 6.54 Å². The van der Waals surface area contributed by atoms with Gasteiger partial charge in [-0.1, -0.05) is 45.0 Å². The second-order valence-corrected chi connectivity index (χ2v) is 6.83. The molecule has 0 bridgehead atoms. The van der Waals surface area contributed by atoms with Gasteiger partial charge in [-0.3, -0.25) is 4.79 Å². The highest BCUT2D eigenvalue weighted by atomic mass is 16.1. The number of fused-ring (bicyclic) bond motifs is 1. The molecule has 0 spiro atoms. The van der Waals surface area contributed by atoms with Crippen LogP contribution in [0.25, 0.3) is 0 Å². The minimum atomic E-state index is 0.0640. The molecular formula is C17H25NO. The zero-order valence-electron chi connectivity index (χ0n) is 12.3. The van der Waals surface area contributed by atoms with E-state index in [9.17, 15) is 4.79 Å². The van der Waals surface area contributed by atoms with E-state index in [-0.39, 0.29) is 11.3 Å². The number of rotatable bonds is 3. The zero-order valence-corrected chi connectivity index (χ0v) is 12.3. The molecule has 0 aliphatic heterocycles. The molecule has 1 aromatic rings. The molecule has 1 aliphatic carbocycles. The highest BCUT2D eigenvalue weighted by Gasteiger charge is 2.21. The lowest BCUT2D eigenvalue weighted by molar-refractivity contribution is -0.122. The molecule has 2 heteroatoms. The van der Waals surface area contributed by atoms with Crippen molar-refractivity contribution in [2.24, 2.45) is 5.41 Å². The monoisotopic (exact) mass is 259 g/mol. The van der Waals surface area contributed by atoms with E-state index in [1.165, 1.54) is 30.4 Å². The van der Waals surface area contributed by atoms with Crippen molar-refractivity contribution in [3.63, 3.8) is 0 Å². The lowest BCUT2D eigenvalue weighted by atomic mass is 9.83. The molecule has 1 amide bonds. The van der Waals surface area contributed by atoms with E-state index in [0.717, 1.165) is 6.54 Å². The summed E-state index contributed by atoms with van der Waals surface area (Å²) in [4.78, 5) is 11.9. The number of amides is 1. The van der Waals surface area contributed by atoms with Crippen LogP contribution < -0.4 is 5.32 Å². The first-order valence-electron chi connectivity index (χ1n) is 7.30. The number of aryl methyl sites for hydroxylation is 1. The molecule has 0 radical (unpaired) electrons. The molecule has 1 aliphatic rings. The number of hydrogen-bond acceptors (Lipinski definition) is 1. The molecule has 2 rings (SSSR count). The first-order valence-corrected chi connectivity index (χ1v) is 7.30. The van der Waals surface area contributed by atoms with Crippen molar-refractivity contribution in [3.8, 4) is 0 Å². The van der Waals surface area contributed by atoms with Crippen LogP contribution in [0.2, 0.25) is 0 Å². The van der Waals surface area contributed by atoms with Crippen LogP contribution in [-0.4, -0.2) is 12.5 Å². The lowest BCUT2D eigenvalue weighted by Crippen LogP contribution is -2.32. The van der Waals surface area contributed by atoms with Gasteiger partial charge in [0.05, 0.1) is 0 Å². The van der Waals surface area contributed by atoms with Crippen LogP contribution in [0.15, 0.2) is 24.3 Å². The standard InChI is InChI=1S/C17H25NO/c1-17(2,3)11-16(19)18-12-14-9-6-8-13-7-4-5-10-15(13)14/h4-5,7,10,14H,6,8-9,11-12H2,1-3H3,(H,18,19). The molecule has 104 valence electrons. The summed E-state index contributed by atoms with van der Waals surface area (Å²) >= 11 is 0. The Kier molecular flexibility index (Phi) is 4.28. The van der Waals surface area contributed by atoms with Gasteiger partial charge in [0, 0.05) is 18.9 Å². The Morgan fingerprint density at radius 3 is 2.79 bits per heavy atom. The Labute approximate surface area is 116 Å². The molecule has 1 atom stereocenters. The summed E-state index contributed by atoms with van der Waals surface area (Å²) in [6.45, 7) is 7.08. The van der Waals surface area contributed by atoms with Crippen LogP contribution in [0.3, 0.4) is 0 Å². The highest BCUT2D eigenvalue weighted by molar-refractivity contribution is 5.76. The van der Waals surface area contributed by atoms with Gasteiger partial charge in [-0.2, -0.15) is 0 Å². The third-order valence-electron chi connectivity index (χ3n) is 3.73. The molecule has 2 nitrogen and oxygen atoms in total. The molecule has 0 aromatic heterocycles. The van der Waals surface area contributed by atoms with Gasteiger partial charge in [0.1, 0.15) is 0 Å². The summed E-state index contributed by atoms with van der Waals surface area (Å²) in [5.74, 6) is 0.671. The van der Waals surface area contributed by atoms with E-state index < -0.39 is 0 Å². The van der Waals surface area contributed by atoms with E-state index in [2.05, 4.69) is 50.4 Å². The molecule has 1 N–H and O–H groups in total. The third kappa shape index (κ3) is 4.09. The van der Waals surface area contributed by atoms with Crippen LogP contribution in [0, 0.1) is 5.41 Å². The molecule has 1 aromatic carbocycles. The normalized spacial score (nSPS) is 18.8. The summed E-state index contributed by atoms with van der Waals surface area (Å²) in [6, 6.07) is 8.65. The Morgan fingerprint density at radius 1 is 1.32 bits per heavy atom.